The molecule has 1 aliphatic rings. The molecule has 0 bridgehead atoms. The fraction of sp³-hybridized carbons (Fsp3) is 0.250. The van der Waals surface area contributed by atoms with Crippen molar-refractivity contribution in [2.75, 3.05) is 16.8 Å². The topological polar surface area (TPSA) is 42.0 Å². The van der Waals surface area contributed by atoms with Crippen molar-refractivity contribution in [1.29, 1.82) is 0 Å². The van der Waals surface area contributed by atoms with Gasteiger partial charge in [0.15, 0.2) is 0 Å². The second-order valence-corrected chi connectivity index (χ2v) is 8.49. The molecule has 2 aromatic rings. The summed E-state index contributed by atoms with van der Waals surface area (Å²) in [6.07, 6.45) is 1.25. The molecular weight excluding hydrogens is 371 g/mol. The normalized spacial score (nSPS) is 15.4. The van der Waals surface area contributed by atoms with Gasteiger partial charge in [-0.25, -0.2) is 4.98 Å². The van der Waals surface area contributed by atoms with Crippen molar-refractivity contribution >= 4 is 58.3 Å². The van der Waals surface area contributed by atoms with Crippen LogP contribution >= 0.6 is 46.7 Å². The van der Waals surface area contributed by atoms with Gasteiger partial charge in [-0.2, -0.15) is 0 Å². The number of pyridine rings is 1. The molecule has 0 unspecified atom stereocenters. The lowest BCUT2D eigenvalue weighted by molar-refractivity contribution is 0.102. The van der Waals surface area contributed by atoms with E-state index in [0.717, 1.165) is 5.69 Å². The van der Waals surface area contributed by atoms with E-state index < -0.39 is 0 Å². The second-order valence-electron chi connectivity index (χ2n) is 4.97. The van der Waals surface area contributed by atoms with Crippen molar-refractivity contribution in [1.82, 2.24) is 4.98 Å². The van der Waals surface area contributed by atoms with Crippen LogP contribution < -0.4 is 5.32 Å². The van der Waals surface area contributed by atoms with Crippen molar-refractivity contribution < 1.29 is 4.79 Å². The minimum absolute atomic E-state index is 0.131. The lowest BCUT2D eigenvalue weighted by Crippen LogP contribution is -2.14. The monoisotopic (exact) mass is 384 g/mol. The number of rotatable bonds is 3. The van der Waals surface area contributed by atoms with E-state index in [1.165, 1.54) is 23.5 Å². The highest BCUT2D eigenvalue weighted by molar-refractivity contribution is 8.16. The van der Waals surface area contributed by atoms with Crippen molar-refractivity contribution in [2.45, 2.75) is 11.0 Å². The Labute approximate surface area is 153 Å². The molecule has 7 heteroatoms. The molecule has 0 spiro atoms. The van der Waals surface area contributed by atoms with Crippen LogP contribution in [-0.2, 0) is 0 Å². The summed E-state index contributed by atoms with van der Waals surface area (Å²) in [5.74, 6) is 1.99. The zero-order valence-electron chi connectivity index (χ0n) is 12.1. The average Bonchev–Trinajstić information content (AvgIpc) is 2.58. The number of anilines is 1. The van der Waals surface area contributed by atoms with E-state index in [2.05, 4.69) is 16.4 Å². The van der Waals surface area contributed by atoms with Crippen LogP contribution in [0, 0.1) is 0 Å². The second kappa shape index (κ2) is 7.79. The van der Waals surface area contributed by atoms with Crippen molar-refractivity contribution in [3.8, 4) is 0 Å². The Morgan fingerprint density at radius 1 is 1.17 bits per heavy atom. The van der Waals surface area contributed by atoms with Gasteiger partial charge < -0.3 is 5.32 Å². The van der Waals surface area contributed by atoms with Crippen LogP contribution in [0.2, 0.25) is 10.2 Å². The van der Waals surface area contributed by atoms with Gasteiger partial charge in [-0.3, -0.25) is 4.79 Å². The number of hydrogen-bond donors (Lipinski definition) is 1. The number of hydrogen-bond acceptors (Lipinski definition) is 4. The van der Waals surface area contributed by atoms with Gasteiger partial charge in [-0.05, 0) is 47.8 Å². The predicted octanol–water partition coefficient (Wildman–Crippen LogP) is 5.51. The Hall–Kier alpha value is -0.880. The number of aromatic nitrogens is 1. The van der Waals surface area contributed by atoms with Gasteiger partial charge in [0.05, 0.1) is 9.60 Å². The van der Waals surface area contributed by atoms with Crippen LogP contribution in [0.3, 0.4) is 0 Å². The Bertz CT molecular complexity index is 721. The van der Waals surface area contributed by atoms with Gasteiger partial charge in [0, 0.05) is 5.69 Å². The number of nitrogens with zero attached hydrogens (tertiary/aromatic N) is 1. The molecule has 3 rings (SSSR count). The highest BCUT2D eigenvalue weighted by atomic mass is 35.5. The smallest absolute Gasteiger partial charge is 0.275 e. The Morgan fingerprint density at radius 3 is 2.74 bits per heavy atom. The fourth-order valence-electron chi connectivity index (χ4n) is 2.21. The summed E-state index contributed by atoms with van der Waals surface area (Å²) in [4.78, 5) is 16.3. The number of benzene rings is 1. The summed E-state index contributed by atoms with van der Waals surface area (Å²) in [6, 6.07) is 11.0. The zero-order valence-corrected chi connectivity index (χ0v) is 15.2. The van der Waals surface area contributed by atoms with Gasteiger partial charge in [0.2, 0.25) is 0 Å². The summed E-state index contributed by atoms with van der Waals surface area (Å²) < 4.78 is 0.425. The number of carbonyl (C=O) groups is 1. The standard InChI is InChI=1S/C16H14Cl2N2OS2/c17-12-5-6-13(18)20-14(12)15(21)19-11-4-1-3-10(9-11)16-22-7-2-8-23-16/h1,3-6,9,16H,2,7-8H2,(H,19,21). The molecule has 1 aromatic carbocycles. The summed E-state index contributed by atoms with van der Waals surface area (Å²) in [5, 5.41) is 3.36. The van der Waals surface area contributed by atoms with Crippen molar-refractivity contribution in [3.05, 3.63) is 57.8 Å². The molecule has 0 atom stereocenters. The number of halogens is 2. The molecule has 3 nitrogen and oxygen atoms in total. The van der Waals surface area contributed by atoms with E-state index in [9.17, 15) is 4.79 Å². The van der Waals surface area contributed by atoms with E-state index >= 15 is 0 Å². The Balaban J connectivity index is 1.77. The molecule has 2 heterocycles. The van der Waals surface area contributed by atoms with Crippen LogP contribution in [0.4, 0.5) is 5.69 Å². The molecule has 1 fully saturated rings. The first-order valence-electron chi connectivity index (χ1n) is 7.10. The zero-order chi connectivity index (χ0) is 16.2. The molecule has 120 valence electrons. The van der Waals surface area contributed by atoms with E-state index in [0.29, 0.717) is 4.58 Å². The fourth-order valence-corrected chi connectivity index (χ4v) is 5.42. The van der Waals surface area contributed by atoms with Crippen LogP contribution in [-0.4, -0.2) is 22.4 Å². The molecule has 1 aromatic heterocycles. The van der Waals surface area contributed by atoms with Gasteiger partial charge in [0.1, 0.15) is 10.8 Å². The number of thioether (sulfide) groups is 2. The molecule has 1 saturated heterocycles. The Morgan fingerprint density at radius 2 is 1.96 bits per heavy atom. The molecule has 23 heavy (non-hydrogen) atoms. The molecule has 0 radical (unpaired) electrons. The maximum Gasteiger partial charge on any atom is 0.275 e. The summed E-state index contributed by atoms with van der Waals surface area (Å²) in [6.45, 7) is 0. The number of carbonyl (C=O) groups excluding carboxylic acids is 1. The third kappa shape index (κ3) is 4.35. The van der Waals surface area contributed by atoms with Crippen LogP contribution in [0.1, 0.15) is 27.1 Å². The first-order chi connectivity index (χ1) is 11.1. The molecular formula is C16H14Cl2N2OS2. The van der Waals surface area contributed by atoms with Gasteiger partial charge in [-0.1, -0.05) is 35.3 Å². The predicted molar refractivity (Wildman–Crippen MR) is 101 cm³/mol. The minimum atomic E-state index is -0.362. The van der Waals surface area contributed by atoms with Gasteiger partial charge >= 0.3 is 0 Å². The molecule has 1 aliphatic heterocycles. The third-order valence-corrected chi connectivity index (χ3v) is 6.80. The number of nitrogens with one attached hydrogen (secondary N) is 1. The number of amides is 1. The summed E-state index contributed by atoms with van der Waals surface area (Å²) >= 11 is 15.7. The minimum Gasteiger partial charge on any atom is -0.321 e. The van der Waals surface area contributed by atoms with E-state index in [-0.39, 0.29) is 21.8 Å². The highest BCUT2D eigenvalue weighted by Crippen LogP contribution is 2.44. The van der Waals surface area contributed by atoms with Crippen LogP contribution in [0.15, 0.2) is 36.4 Å². The Kier molecular flexibility index (Phi) is 5.75. The van der Waals surface area contributed by atoms with E-state index in [1.807, 2.05) is 41.7 Å². The third-order valence-electron chi connectivity index (χ3n) is 3.27. The maximum absolute atomic E-state index is 12.3. The van der Waals surface area contributed by atoms with Crippen LogP contribution in [0.25, 0.3) is 0 Å². The van der Waals surface area contributed by atoms with Gasteiger partial charge in [0.25, 0.3) is 5.91 Å². The lowest BCUT2D eigenvalue weighted by atomic mass is 10.2. The van der Waals surface area contributed by atoms with E-state index in [4.69, 9.17) is 23.2 Å². The highest BCUT2D eigenvalue weighted by Gasteiger charge is 2.18. The van der Waals surface area contributed by atoms with Crippen molar-refractivity contribution in [3.63, 3.8) is 0 Å². The first kappa shape index (κ1) is 17.0. The summed E-state index contributed by atoms with van der Waals surface area (Å²) in [7, 11) is 0. The summed E-state index contributed by atoms with van der Waals surface area (Å²) in [5.41, 5.74) is 2.07. The molecule has 1 amide bonds. The molecule has 1 N–H and O–H groups in total. The lowest BCUT2D eigenvalue weighted by Gasteiger charge is -2.21. The molecule has 0 aliphatic carbocycles. The maximum atomic E-state index is 12.3. The van der Waals surface area contributed by atoms with E-state index in [1.54, 1.807) is 12.1 Å². The SMILES string of the molecule is O=C(Nc1cccc(C2SCCCS2)c1)c1nc(Cl)ccc1Cl. The first-order valence-corrected chi connectivity index (χ1v) is 9.95. The van der Waals surface area contributed by atoms with Gasteiger partial charge in [-0.15, -0.1) is 23.5 Å². The average molecular weight is 385 g/mol. The molecule has 0 saturated carbocycles. The van der Waals surface area contributed by atoms with Crippen molar-refractivity contribution in [2.24, 2.45) is 0 Å². The largest absolute Gasteiger partial charge is 0.321 e. The quantitative estimate of drug-likeness (QED) is 0.708. The van der Waals surface area contributed by atoms with Crippen LogP contribution in [0.5, 0.6) is 0 Å².